The molecule has 0 fully saturated rings. The number of nitrogens with one attached hydrogen (secondary N) is 2. The highest BCUT2D eigenvalue weighted by atomic mass is 16.3. The molecule has 0 saturated heterocycles. The highest BCUT2D eigenvalue weighted by Gasteiger charge is 2.21. The van der Waals surface area contributed by atoms with Crippen molar-refractivity contribution >= 4 is 17.4 Å². The van der Waals surface area contributed by atoms with Crippen molar-refractivity contribution in [2.45, 2.75) is 19.4 Å². The Morgan fingerprint density at radius 2 is 2.27 bits per heavy atom. The minimum atomic E-state index is -0.954. The average molecular weight is 207 g/mol. The van der Waals surface area contributed by atoms with Gasteiger partial charge in [0.25, 0.3) is 0 Å². The number of pyridine rings is 1. The normalized spacial score (nSPS) is 15.3. The Morgan fingerprint density at radius 3 is 2.93 bits per heavy atom. The van der Waals surface area contributed by atoms with Crippen LogP contribution in [0.2, 0.25) is 0 Å². The Labute approximate surface area is 87.5 Å². The lowest BCUT2D eigenvalue weighted by molar-refractivity contribution is -0.114. The van der Waals surface area contributed by atoms with Crippen LogP contribution in [0.5, 0.6) is 0 Å². The summed E-state index contributed by atoms with van der Waals surface area (Å²) in [5.74, 6) is 0.541. The van der Waals surface area contributed by atoms with Crippen LogP contribution in [-0.4, -0.2) is 22.5 Å². The molecule has 0 saturated carbocycles. The number of fused-ring (bicyclic) bond motifs is 1. The van der Waals surface area contributed by atoms with Gasteiger partial charge in [-0.2, -0.15) is 0 Å². The molecule has 0 aliphatic carbocycles. The Balaban J connectivity index is 2.41. The number of anilines is 2. The van der Waals surface area contributed by atoms with E-state index in [-0.39, 0.29) is 12.5 Å². The van der Waals surface area contributed by atoms with Crippen molar-refractivity contribution in [2.75, 3.05) is 17.2 Å². The molecule has 0 bridgehead atoms. The summed E-state index contributed by atoms with van der Waals surface area (Å²) in [5.41, 5.74) is 0.334. The molecule has 80 valence electrons. The van der Waals surface area contributed by atoms with Crippen LogP contribution in [0.3, 0.4) is 0 Å². The summed E-state index contributed by atoms with van der Waals surface area (Å²) in [4.78, 5) is 15.3. The van der Waals surface area contributed by atoms with E-state index in [1.165, 1.54) is 0 Å². The van der Waals surface area contributed by atoms with Gasteiger partial charge in [-0.1, -0.05) is 0 Å². The first kappa shape index (κ1) is 9.92. The molecule has 1 aliphatic heterocycles. The van der Waals surface area contributed by atoms with E-state index in [1.54, 1.807) is 26.1 Å². The lowest BCUT2D eigenvalue weighted by Crippen LogP contribution is -2.28. The largest absolute Gasteiger partial charge is 0.386 e. The molecule has 0 atom stereocenters. The van der Waals surface area contributed by atoms with Gasteiger partial charge in [-0.05, 0) is 19.9 Å². The van der Waals surface area contributed by atoms with E-state index in [0.717, 1.165) is 0 Å². The summed E-state index contributed by atoms with van der Waals surface area (Å²) in [7, 11) is 0. The van der Waals surface area contributed by atoms with E-state index >= 15 is 0 Å². The summed E-state index contributed by atoms with van der Waals surface area (Å²) in [5, 5.41) is 15.4. The quantitative estimate of drug-likeness (QED) is 0.633. The van der Waals surface area contributed by atoms with Gasteiger partial charge in [-0.3, -0.25) is 4.79 Å². The second-order valence-electron chi connectivity index (χ2n) is 4.08. The summed E-state index contributed by atoms with van der Waals surface area (Å²) in [6.07, 6.45) is 1.60. The van der Waals surface area contributed by atoms with E-state index < -0.39 is 5.60 Å². The second kappa shape index (κ2) is 3.20. The number of hydrogen-bond donors (Lipinski definition) is 3. The molecule has 1 amide bonds. The van der Waals surface area contributed by atoms with Crippen molar-refractivity contribution in [1.82, 2.24) is 4.98 Å². The molecule has 0 unspecified atom stereocenters. The number of carbonyl (C=O) groups excluding carboxylic acids is 1. The van der Waals surface area contributed by atoms with Gasteiger partial charge in [0.05, 0.1) is 17.8 Å². The Morgan fingerprint density at radius 1 is 1.53 bits per heavy atom. The maximum atomic E-state index is 11.1. The first-order valence-electron chi connectivity index (χ1n) is 4.73. The fraction of sp³-hybridized carbons (Fsp3) is 0.400. The van der Waals surface area contributed by atoms with Crippen molar-refractivity contribution in [3.05, 3.63) is 17.8 Å². The van der Waals surface area contributed by atoms with Crippen LogP contribution in [0.25, 0.3) is 0 Å². The molecule has 1 aliphatic rings. The zero-order chi connectivity index (χ0) is 11.1. The summed E-state index contributed by atoms with van der Waals surface area (Å²) in [6.45, 7) is 3.59. The third-order valence-electron chi connectivity index (χ3n) is 2.28. The van der Waals surface area contributed by atoms with E-state index in [9.17, 15) is 9.90 Å². The number of aromatic nitrogens is 1. The number of aliphatic hydroxyl groups is 1. The molecule has 1 aromatic rings. The van der Waals surface area contributed by atoms with Gasteiger partial charge in [-0.15, -0.1) is 0 Å². The van der Waals surface area contributed by atoms with Crippen molar-refractivity contribution in [2.24, 2.45) is 0 Å². The SMILES string of the molecule is CC(C)(O)c1cnc2c(c1)NC(=O)CN2. The third kappa shape index (κ3) is 1.92. The lowest BCUT2D eigenvalue weighted by atomic mass is 10.00. The van der Waals surface area contributed by atoms with Crippen LogP contribution in [0, 0.1) is 0 Å². The topological polar surface area (TPSA) is 74.2 Å². The minimum Gasteiger partial charge on any atom is -0.386 e. The molecule has 0 radical (unpaired) electrons. The monoisotopic (exact) mass is 207 g/mol. The molecule has 15 heavy (non-hydrogen) atoms. The van der Waals surface area contributed by atoms with E-state index in [0.29, 0.717) is 17.1 Å². The molecular formula is C10H13N3O2. The van der Waals surface area contributed by atoms with Crippen LogP contribution in [0.15, 0.2) is 12.3 Å². The molecular weight excluding hydrogens is 194 g/mol. The van der Waals surface area contributed by atoms with Gasteiger partial charge in [-0.25, -0.2) is 4.98 Å². The van der Waals surface area contributed by atoms with E-state index in [2.05, 4.69) is 15.6 Å². The maximum absolute atomic E-state index is 11.1. The minimum absolute atomic E-state index is 0.0998. The standard InChI is InChI=1S/C10H13N3O2/c1-10(2,15)6-3-7-9(11-4-6)12-5-8(14)13-7/h3-4,15H,5H2,1-2H3,(H,11,12)(H,13,14). The predicted octanol–water partition coefficient (Wildman–Crippen LogP) is 0.673. The molecule has 5 heteroatoms. The number of rotatable bonds is 1. The Kier molecular flexibility index (Phi) is 2.12. The van der Waals surface area contributed by atoms with Gasteiger partial charge in [0.1, 0.15) is 5.82 Å². The van der Waals surface area contributed by atoms with Gasteiger partial charge < -0.3 is 15.7 Å². The van der Waals surface area contributed by atoms with Crippen LogP contribution in [0.4, 0.5) is 11.5 Å². The number of carbonyl (C=O) groups is 1. The average Bonchev–Trinajstić information content (AvgIpc) is 2.15. The van der Waals surface area contributed by atoms with Crippen molar-refractivity contribution in [3.8, 4) is 0 Å². The Bertz CT molecular complexity index is 410. The Hall–Kier alpha value is -1.62. The summed E-state index contributed by atoms with van der Waals surface area (Å²) in [6, 6.07) is 1.73. The van der Waals surface area contributed by atoms with Gasteiger partial charge in [0.15, 0.2) is 0 Å². The molecule has 0 spiro atoms. The first-order valence-corrected chi connectivity index (χ1v) is 4.73. The van der Waals surface area contributed by atoms with E-state index in [1.807, 2.05) is 0 Å². The van der Waals surface area contributed by atoms with E-state index in [4.69, 9.17) is 0 Å². The third-order valence-corrected chi connectivity index (χ3v) is 2.28. The van der Waals surface area contributed by atoms with Crippen molar-refractivity contribution in [3.63, 3.8) is 0 Å². The van der Waals surface area contributed by atoms with Crippen LogP contribution in [-0.2, 0) is 10.4 Å². The second-order valence-corrected chi connectivity index (χ2v) is 4.08. The molecule has 2 rings (SSSR count). The van der Waals surface area contributed by atoms with Crippen LogP contribution < -0.4 is 10.6 Å². The van der Waals surface area contributed by atoms with Crippen LogP contribution >= 0.6 is 0 Å². The fourth-order valence-corrected chi connectivity index (χ4v) is 1.39. The van der Waals surface area contributed by atoms with Gasteiger partial charge in [0, 0.05) is 11.8 Å². The first-order chi connectivity index (χ1) is 6.97. The zero-order valence-corrected chi connectivity index (χ0v) is 8.66. The van der Waals surface area contributed by atoms with Crippen molar-refractivity contribution < 1.29 is 9.90 Å². The fourth-order valence-electron chi connectivity index (χ4n) is 1.39. The number of nitrogens with zero attached hydrogens (tertiary/aromatic N) is 1. The zero-order valence-electron chi connectivity index (χ0n) is 8.66. The summed E-state index contributed by atoms with van der Waals surface area (Å²) < 4.78 is 0. The van der Waals surface area contributed by atoms with Crippen molar-refractivity contribution in [1.29, 1.82) is 0 Å². The van der Waals surface area contributed by atoms with Gasteiger partial charge >= 0.3 is 0 Å². The molecule has 5 nitrogen and oxygen atoms in total. The summed E-state index contributed by atoms with van der Waals surface area (Å²) >= 11 is 0. The highest BCUT2D eigenvalue weighted by Crippen LogP contribution is 2.27. The lowest BCUT2D eigenvalue weighted by Gasteiger charge is -2.22. The number of amides is 1. The smallest absolute Gasteiger partial charge is 0.243 e. The highest BCUT2D eigenvalue weighted by molar-refractivity contribution is 5.99. The molecule has 0 aromatic carbocycles. The van der Waals surface area contributed by atoms with Gasteiger partial charge in [0.2, 0.25) is 5.91 Å². The predicted molar refractivity (Wildman–Crippen MR) is 56.6 cm³/mol. The van der Waals surface area contributed by atoms with Crippen LogP contribution in [0.1, 0.15) is 19.4 Å². The molecule has 2 heterocycles. The number of hydrogen-bond acceptors (Lipinski definition) is 4. The maximum Gasteiger partial charge on any atom is 0.243 e. The molecule has 1 aromatic heterocycles. The molecule has 3 N–H and O–H groups in total.